The lowest BCUT2D eigenvalue weighted by atomic mass is 9.87. The van der Waals surface area contributed by atoms with Crippen LogP contribution in [-0.4, -0.2) is 12.5 Å². The molecule has 3 rings (SSSR count). The van der Waals surface area contributed by atoms with E-state index in [1.54, 1.807) is 0 Å². The fraction of sp³-hybridized carbons (Fsp3) is 0.562. The lowest BCUT2D eigenvalue weighted by Gasteiger charge is -2.25. The minimum atomic E-state index is -0.157. The second kappa shape index (κ2) is 4.97. The monoisotopic (exact) mass is 258 g/mol. The maximum atomic E-state index is 12.5. The SMILES string of the molecule is CC1(C(=O)Nc2cccc3c2CCNC3)CCCC1. The van der Waals surface area contributed by atoms with Gasteiger partial charge in [-0.3, -0.25) is 4.79 Å². The van der Waals surface area contributed by atoms with E-state index in [2.05, 4.69) is 23.6 Å². The Morgan fingerprint density at radius 3 is 2.89 bits per heavy atom. The molecule has 3 nitrogen and oxygen atoms in total. The average Bonchev–Trinajstić information content (AvgIpc) is 2.87. The number of rotatable bonds is 2. The normalized spacial score (nSPS) is 20.9. The first-order chi connectivity index (χ1) is 9.19. The number of nitrogens with one attached hydrogen (secondary N) is 2. The van der Waals surface area contributed by atoms with Crippen LogP contribution in [-0.2, 0) is 17.8 Å². The molecule has 1 heterocycles. The molecule has 2 N–H and O–H groups in total. The first-order valence-electron chi connectivity index (χ1n) is 7.32. The predicted octanol–water partition coefficient (Wildman–Crippen LogP) is 2.85. The molecule has 0 aromatic heterocycles. The van der Waals surface area contributed by atoms with Crippen molar-refractivity contribution in [3.63, 3.8) is 0 Å². The van der Waals surface area contributed by atoms with Gasteiger partial charge in [-0.15, -0.1) is 0 Å². The number of hydrogen-bond acceptors (Lipinski definition) is 2. The van der Waals surface area contributed by atoms with E-state index < -0.39 is 0 Å². The van der Waals surface area contributed by atoms with E-state index in [1.165, 1.54) is 24.0 Å². The first-order valence-corrected chi connectivity index (χ1v) is 7.32. The lowest BCUT2D eigenvalue weighted by molar-refractivity contribution is -0.124. The minimum Gasteiger partial charge on any atom is -0.325 e. The number of amides is 1. The van der Waals surface area contributed by atoms with Crippen LogP contribution in [0.5, 0.6) is 0 Å². The van der Waals surface area contributed by atoms with Crippen molar-refractivity contribution in [2.45, 2.75) is 45.6 Å². The highest BCUT2D eigenvalue weighted by atomic mass is 16.2. The molecule has 1 aromatic carbocycles. The van der Waals surface area contributed by atoms with E-state index in [1.807, 2.05) is 12.1 Å². The van der Waals surface area contributed by atoms with Crippen molar-refractivity contribution in [1.82, 2.24) is 5.32 Å². The number of carbonyl (C=O) groups is 1. The van der Waals surface area contributed by atoms with Gasteiger partial charge in [0, 0.05) is 17.6 Å². The van der Waals surface area contributed by atoms with Crippen molar-refractivity contribution in [3.05, 3.63) is 29.3 Å². The largest absolute Gasteiger partial charge is 0.325 e. The van der Waals surface area contributed by atoms with Crippen molar-refractivity contribution in [2.24, 2.45) is 5.41 Å². The fourth-order valence-electron chi connectivity index (χ4n) is 3.30. The molecule has 1 aromatic rings. The zero-order valence-electron chi connectivity index (χ0n) is 11.6. The van der Waals surface area contributed by atoms with Crippen molar-refractivity contribution < 1.29 is 4.79 Å². The Hall–Kier alpha value is -1.35. The van der Waals surface area contributed by atoms with Crippen molar-refractivity contribution in [3.8, 4) is 0 Å². The van der Waals surface area contributed by atoms with E-state index in [9.17, 15) is 4.79 Å². The first kappa shape index (κ1) is 12.7. The van der Waals surface area contributed by atoms with Gasteiger partial charge in [0.25, 0.3) is 0 Å². The Bertz CT molecular complexity index is 490. The highest BCUT2D eigenvalue weighted by molar-refractivity contribution is 5.96. The van der Waals surface area contributed by atoms with Crippen LogP contribution in [0.15, 0.2) is 18.2 Å². The van der Waals surface area contributed by atoms with Gasteiger partial charge >= 0.3 is 0 Å². The second-order valence-electron chi connectivity index (χ2n) is 6.09. The van der Waals surface area contributed by atoms with Crippen LogP contribution >= 0.6 is 0 Å². The van der Waals surface area contributed by atoms with Crippen molar-refractivity contribution in [2.75, 3.05) is 11.9 Å². The Labute approximate surface area is 114 Å². The molecule has 0 unspecified atom stereocenters. The molecule has 1 saturated carbocycles. The van der Waals surface area contributed by atoms with Crippen LogP contribution in [0.25, 0.3) is 0 Å². The summed E-state index contributed by atoms with van der Waals surface area (Å²) >= 11 is 0. The van der Waals surface area contributed by atoms with E-state index >= 15 is 0 Å². The molecule has 0 bridgehead atoms. The van der Waals surface area contributed by atoms with Crippen LogP contribution in [0.4, 0.5) is 5.69 Å². The molecule has 1 aliphatic carbocycles. The molecule has 0 atom stereocenters. The summed E-state index contributed by atoms with van der Waals surface area (Å²) in [6.07, 6.45) is 5.41. The smallest absolute Gasteiger partial charge is 0.230 e. The van der Waals surface area contributed by atoms with Crippen molar-refractivity contribution >= 4 is 11.6 Å². The summed E-state index contributed by atoms with van der Waals surface area (Å²) in [5, 5.41) is 6.56. The molecule has 1 aliphatic heterocycles. The quantitative estimate of drug-likeness (QED) is 0.856. The fourth-order valence-corrected chi connectivity index (χ4v) is 3.30. The third-order valence-corrected chi connectivity index (χ3v) is 4.64. The molecule has 0 radical (unpaired) electrons. The summed E-state index contributed by atoms with van der Waals surface area (Å²) in [5.74, 6) is 0.205. The highest BCUT2D eigenvalue weighted by Crippen LogP contribution is 2.38. The molecule has 1 fully saturated rings. The van der Waals surface area contributed by atoms with Gasteiger partial charge in [0.1, 0.15) is 0 Å². The standard InChI is InChI=1S/C16H22N2O/c1-16(8-2-3-9-16)15(19)18-14-6-4-5-12-11-17-10-7-13(12)14/h4-6,17H,2-3,7-11H2,1H3,(H,18,19). The Kier molecular flexibility index (Phi) is 3.31. The van der Waals surface area contributed by atoms with Gasteiger partial charge in [-0.2, -0.15) is 0 Å². The Morgan fingerprint density at radius 1 is 1.32 bits per heavy atom. The van der Waals surface area contributed by atoms with E-state index in [4.69, 9.17) is 0 Å². The number of fused-ring (bicyclic) bond motifs is 1. The molecule has 1 amide bonds. The summed E-state index contributed by atoms with van der Waals surface area (Å²) in [7, 11) is 0. The second-order valence-corrected chi connectivity index (χ2v) is 6.09. The van der Waals surface area contributed by atoms with Crippen LogP contribution in [0.1, 0.15) is 43.7 Å². The zero-order chi connectivity index (χ0) is 13.3. The molecular formula is C16H22N2O. The van der Waals surface area contributed by atoms with Gasteiger partial charge in [0.2, 0.25) is 5.91 Å². The summed E-state index contributed by atoms with van der Waals surface area (Å²) in [6, 6.07) is 6.23. The topological polar surface area (TPSA) is 41.1 Å². The van der Waals surface area contributed by atoms with E-state index in [0.29, 0.717) is 0 Å². The molecule has 0 saturated heterocycles. The molecule has 0 spiro atoms. The van der Waals surface area contributed by atoms with E-state index in [0.717, 1.165) is 38.0 Å². The molecule has 3 heteroatoms. The molecular weight excluding hydrogens is 236 g/mol. The third kappa shape index (κ3) is 2.39. The van der Waals surface area contributed by atoms with Gasteiger partial charge in [-0.05, 0) is 43.0 Å². The number of benzene rings is 1. The predicted molar refractivity (Wildman–Crippen MR) is 77.1 cm³/mol. The average molecular weight is 258 g/mol. The summed E-state index contributed by atoms with van der Waals surface area (Å²) in [4.78, 5) is 12.5. The Morgan fingerprint density at radius 2 is 2.11 bits per heavy atom. The lowest BCUT2D eigenvalue weighted by Crippen LogP contribution is -2.32. The summed E-state index contributed by atoms with van der Waals surface area (Å²) < 4.78 is 0. The molecule has 2 aliphatic rings. The van der Waals surface area contributed by atoms with E-state index in [-0.39, 0.29) is 11.3 Å². The highest BCUT2D eigenvalue weighted by Gasteiger charge is 2.36. The molecule has 102 valence electrons. The van der Waals surface area contributed by atoms with Gasteiger partial charge in [-0.1, -0.05) is 31.9 Å². The third-order valence-electron chi connectivity index (χ3n) is 4.64. The number of carbonyl (C=O) groups excluding carboxylic acids is 1. The van der Waals surface area contributed by atoms with Crippen LogP contribution < -0.4 is 10.6 Å². The Balaban J connectivity index is 1.82. The van der Waals surface area contributed by atoms with Crippen LogP contribution in [0.3, 0.4) is 0 Å². The van der Waals surface area contributed by atoms with Gasteiger partial charge < -0.3 is 10.6 Å². The van der Waals surface area contributed by atoms with Gasteiger partial charge in [-0.25, -0.2) is 0 Å². The van der Waals surface area contributed by atoms with Crippen LogP contribution in [0, 0.1) is 5.41 Å². The summed E-state index contributed by atoms with van der Waals surface area (Å²) in [6.45, 7) is 4.01. The minimum absolute atomic E-state index is 0.157. The maximum Gasteiger partial charge on any atom is 0.230 e. The van der Waals surface area contributed by atoms with Crippen LogP contribution in [0.2, 0.25) is 0 Å². The molecule has 19 heavy (non-hydrogen) atoms. The summed E-state index contributed by atoms with van der Waals surface area (Å²) in [5.41, 5.74) is 3.50. The van der Waals surface area contributed by atoms with Gasteiger partial charge in [0.15, 0.2) is 0 Å². The van der Waals surface area contributed by atoms with Gasteiger partial charge in [0.05, 0.1) is 0 Å². The maximum absolute atomic E-state index is 12.5. The zero-order valence-corrected chi connectivity index (χ0v) is 11.6. The number of anilines is 1. The van der Waals surface area contributed by atoms with Crippen molar-refractivity contribution in [1.29, 1.82) is 0 Å². The number of hydrogen-bond donors (Lipinski definition) is 2.